The van der Waals surface area contributed by atoms with E-state index in [0.29, 0.717) is 5.56 Å². The van der Waals surface area contributed by atoms with Crippen LogP contribution in [0.15, 0.2) is 65.8 Å². The second kappa shape index (κ2) is 9.69. The van der Waals surface area contributed by atoms with Crippen LogP contribution in [0.1, 0.15) is 43.4 Å². The fourth-order valence-electron chi connectivity index (χ4n) is 4.05. The van der Waals surface area contributed by atoms with Gasteiger partial charge in [-0.1, -0.05) is 12.1 Å². The molecule has 200 valence electrons. The number of amides is 1. The first kappa shape index (κ1) is 27.0. The number of carbonyl (C=O) groups excluding carboxylic acids is 1. The van der Waals surface area contributed by atoms with E-state index >= 15 is 0 Å². The molecule has 0 saturated carbocycles. The van der Waals surface area contributed by atoms with Gasteiger partial charge in [0.05, 0.1) is 17.3 Å². The zero-order valence-corrected chi connectivity index (χ0v) is 19.8. The van der Waals surface area contributed by atoms with Crippen LogP contribution in [0.4, 0.5) is 36.4 Å². The van der Waals surface area contributed by atoms with Crippen LogP contribution in [0, 0.1) is 5.82 Å². The molecule has 4 rings (SSSR count). The third-order valence-corrected chi connectivity index (χ3v) is 5.70. The molecule has 0 spiro atoms. The van der Waals surface area contributed by atoms with Crippen molar-refractivity contribution in [3.63, 3.8) is 0 Å². The fourth-order valence-corrected chi connectivity index (χ4v) is 4.05. The summed E-state index contributed by atoms with van der Waals surface area (Å²) in [5.74, 6) is -3.09. The normalized spacial score (nSPS) is 17.8. The topological polar surface area (TPSA) is 67.7 Å². The fraction of sp³-hybridized carbons (Fsp3) is 0.280. The van der Waals surface area contributed by atoms with Crippen LogP contribution >= 0.6 is 0 Å². The number of aromatic nitrogens is 2. The van der Waals surface area contributed by atoms with Gasteiger partial charge in [-0.25, -0.2) is 14.4 Å². The molecule has 0 N–H and O–H groups in total. The van der Waals surface area contributed by atoms with Gasteiger partial charge in [0.25, 0.3) is 5.91 Å². The summed E-state index contributed by atoms with van der Waals surface area (Å²) in [6.45, 7) is 2.94. The molecule has 1 saturated heterocycles. The van der Waals surface area contributed by atoms with Gasteiger partial charge in [0.2, 0.25) is 5.82 Å². The van der Waals surface area contributed by atoms with E-state index in [4.69, 9.17) is 0 Å². The van der Waals surface area contributed by atoms with Crippen LogP contribution in [0.2, 0.25) is 0 Å². The summed E-state index contributed by atoms with van der Waals surface area (Å²) < 4.78 is 94.9. The molecule has 1 aromatic heterocycles. The van der Waals surface area contributed by atoms with Crippen LogP contribution in [-0.2, 0) is 16.5 Å². The van der Waals surface area contributed by atoms with E-state index in [9.17, 15) is 35.5 Å². The van der Waals surface area contributed by atoms with Crippen molar-refractivity contribution in [3.8, 4) is 5.75 Å². The second-order valence-electron chi connectivity index (χ2n) is 8.87. The van der Waals surface area contributed by atoms with Gasteiger partial charge in [-0.2, -0.15) is 13.2 Å². The Balaban J connectivity index is 1.73. The van der Waals surface area contributed by atoms with Crippen molar-refractivity contribution >= 4 is 17.3 Å². The standard InChI is InChI=1S/C25H19F7N4O2/c1-23(2,20-10-11-33-22(34-20)24(27,28)29)35-18-13-19(14-4-3-5-15(26)12-14)36(21(18)37)16-6-8-17(9-7-16)38-25(30,31)32/h3-12,19H,13H2,1-2H3/t19-/m1/s1. The molecule has 13 heteroatoms. The van der Waals surface area contributed by atoms with E-state index in [-0.39, 0.29) is 23.5 Å². The molecule has 2 heterocycles. The lowest BCUT2D eigenvalue weighted by Gasteiger charge is -2.25. The minimum Gasteiger partial charge on any atom is -0.406 e. The Labute approximate surface area is 211 Å². The van der Waals surface area contributed by atoms with Gasteiger partial charge < -0.3 is 4.74 Å². The quantitative estimate of drug-likeness (QED) is 0.352. The first-order valence-corrected chi connectivity index (χ1v) is 11.1. The van der Waals surface area contributed by atoms with Crippen molar-refractivity contribution in [3.05, 3.63) is 83.7 Å². The highest BCUT2D eigenvalue weighted by Gasteiger charge is 2.41. The summed E-state index contributed by atoms with van der Waals surface area (Å²) in [5, 5.41) is 0. The summed E-state index contributed by atoms with van der Waals surface area (Å²) in [6.07, 6.45) is -8.81. The Morgan fingerprint density at radius 1 is 1.00 bits per heavy atom. The van der Waals surface area contributed by atoms with Crippen molar-refractivity contribution in [1.29, 1.82) is 0 Å². The molecule has 1 aliphatic rings. The summed E-state index contributed by atoms with van der Waals surface area (Å²) in [6, 6.07) is 10.4. The summed E-state index contributed by atoms with van der Waals surface area (Å²) >= 11 is 0. The maximum Gasteiger partial charge on any atom is 0.573 e. The lowest BCUT2D eigenvalue weighted by Crippen LogP contribution is -2.30. The highest BCUT2D eigenvalue weighted by molar-refractivity contribution is 6.46. The van der Waals surface area contributed by atoms with Crippen LogP contribution in [-0.4, -0.2) is 27.9 Å². The highest BCUT2D eigenvalue weighted by Crippen LogP contribution is 2.39. The molecular weight excluding hydrogens is 521 g/mol. The molecule has 0 radical (unpaired) electrons. The predicted octanol–water partition coefficient (Wildman–Crippen LogP) is 6.39. The third kappa shape index (κ3) is 5.92. The second-order valence-corrected chi connectivity index (χ2v) is 8.87. The number of anilines is 1. The monoisotopic (exact) mass is 540 g/mol. The largest absolute Gasteiger partial charge is 0.573 e. The van der Waals surface area contributed by atoms with Crippen LogP contribution in [0.5, 0.6) is 5.75 Å². The maximum absolute atomic E-state index is 14.0. The van der Waals surface area contributed by atoms with E-state index in [0.717, 1.165) is 18.3 Å². The number of halogens is 7. The summed E-state index contributed by atoms with van der Waals surface area (Å²) in [5.41, 5.74) is -0.941. The van der Waals surface area contributed by atoms with Gasteiger partial charge in [-0.05, 0) is 61.9 Å². The Hall–Kier alpha value is -4.03. The molecule has 1 fully saturated rings. The van der Waals surface area contributed by atoms with E-state index in [1.54, 1.807) is 6.07 Å². The average molecular weight is 540 g/mol. The lowest BCUT2D eigenvalue weighted by molar-refractivity contribution is -0.274. The van der Waals surface area contributed by atoms with E-state index in [1.165, 1.54) is 55.1 Å². The third-order valence-electron chi connectivity index (χ3n) is 5.70. The number of hydrogen-bond acceptors (Lipinski definition) is 5. The van der Waals surface area contributed by atoms with Crippen LogP contribution < -0.4 is 9.64 Å². The molecule has 38 heavy (non-hydrogen) atoms. The van der Waals surface area contributed by atoms with Crippen molar-refractivity contribution in [1.82, 2.24) is 9.97 Å². The zero-order chi connectivity index (χ0) is 27.9. The summed E-state index contributed by atoms with van der Waals surface area (Å²) in [7, 11) is 0. The molecule has 1 aliphatic heterocycles. The first-order valence-electron chi connectivity index (χ1n) is 11.1. The Morgan fingerprint density at radius 3 is 2.29 bits per heavy atom. The van der Waals surface area contributed by atoms with Gasteiger partial charge in [0, 0.05) is 18.3 Å². The molecule has 1 amide bonds. The van der Waals surface area contributed by atoms with Crippen molar-refractivity contribution in [2.45, 2.75) is 44.4 Å². The highest BCUT2D eigenvalue weighted by atomic mass is 19.4. The number of alkyl halides is 6. The molecular formula is C25H19F7N4O2. The van der Waals surface area contributed by atoms with Gasteiger partial charge in [-0.3, -0.25) is 14.7 Å². The van der Waals surface area contributed by atoms with Crippen molar-refractivity contribution in [2.75, 3.05) is 4.90 Å². The number of ether oxygens (including phenoxy) is 1. The van der Waals surface area contributed by atoms with Gasteiger partial charge in [0.15, 0.2) is 0 Å². The van der Waals surface area contributed by atoms with Crippen molar-refractivity contribution < 1.29 is 40.3 Å². The Kier molecular flexibility index (Phi) is 6.89. The van der Waals surface area contributed by atoms with E-state index in [2.05, 4.69) is 19.7 Å². The lowest BCUT2D eigenvalue weighted by atomic mass is 9.99. The number of hydrogen-bond donors (Lipinski definition) is 0. The number of benzene rings is 2. The first-order chi connectivity index (χ1) is 17.6. The number of aliphatic imine (C=N–C) groups is 1. The number of nitrogens with zero attached hydrogens (tertiary/aromatic N) is 4. The van der Waals surface area contributed by atoms with Crippen LogP contribution in [0.3, 0.4) is 0 Å². The molecule has 1 atom stereocenters. The van der Waals surface area contributed by atoms with Gasteiger partial charge >= 0.3 is 12.5 Å². The minimum atomic E-state index is -4.91. The van der Waals surface area contributed by atoms with Gasteiger partial charge in [-0.15, -0.1) is 13.2 Å². The molecule has 0 aliphatic carbocycles. The number of rotatable bonds is 5. The van der Waals surface area contributed by atoms with Crippen LogP contribution in [0.25, 0.3) is 0 Å². The van der Waals surface area contributed by atoms with Crippen molar-refractivity contribution in [2.24, 2.45) is 4.99 Å². The smallest absolute Gasteiger partial charge is 0.406 e. The van der Waals surface area contributed by atoms with E-state index in [1.807, 2.05) is 0 Å². The van der Waals surface area contributed by atoms with E-state index < -0.39 is 47.4 Å². The van der Waals surface area contributed by atoms with Gasteiger partial charge in [0.1, 0.15) is 17.3 Å². The summed E-state index contributed by atoms with van der Waals surface area (Å²) in [4.78, 5) is 26.0. The minimum absolute atomic E-state index is 0.0351. The zero-order valence-electron chi connectivity index (χ0n) is 19.8. The Morgan fingerprint density at radius 2 is 1.68 bits per heavy atom. The number of carbonyl (C=O) groups is 1. The molecule has 3 aromatic rings. The molecule has 0 bridgehead atoms. The average Bonchev–Trinajstić information content (AvgIpc) is 3.13. The molecule has 0 unspecified atom stereocenters. The maximum atomic E-state index is 14.0. The molecule has 2 aromatic carbocycles. The Bertz CT molecular complexity index is 1370. The SMILES string of the molecule is CC(C)(N=C1C[C@H](c2cccc(F)c2)N(c2ccc(OC(F)(F)F)cc2)C1=O)c1ccnc(C(F)(F)F)n1. The predicted molar refractivity (Wildman–Crippen MR) is 122 cm³/mol. The molecule has 6 nitrogen and oxygen atoms in total.